The van der Waals surface area contributed by atoms with Crippen LogP contribution in [0.15, 0.2) is 88.4 Å². The van der Waals surface area contributed by atoms with Gasteiger partial charge in [-0.2, -0.15) is 4.31 Å². The SMILES string of the molecule is O=C(NCc1cccc(Cc2ccccc2)c1)C1CCCN1S(=O)(=O)c1cc2cc(F)ccc2o1. The van der Waals surface area contributed by atoms with Gasteiger partial charge in [-0.25, -0.2) is 12.8 Å². The normalized spacial score (nSPS) is 16.5. The van der Waals surface area contributed by atoms with Crippen LogP contribution in [0.5, 0.6) is 0 Å². The van der Waals surface area contributed by atoms with Gasteiger partial charge in [-0.05, 0) is 54.2 Å². The average Bonchev–Trinajstić information content (AvgIpc) is 3.51. The summed E-state index contributed by atoms with van der Waals surface area (Å²) in [6.45, 7) is 0.522. The number of rotatable bonds is 7. The van der Waals surface area contributed by atoms with Crippen molar-refractivity contribution in [3.63, 3.8) is 0 Å². The van der Waals surface area contributed by atoms with Crippen molar-refractivity contribution in [3.05, 3.63) is 101 Å². The summed E-state index contributed by atoms with van der Waals surface area (Å²) >= 11 is 0. The summed E-state index contributed by atoms with van der Waals surface area (Å²) in [5, 5.41) is 2.97. The first kappa shape index (κ1) is 23.3. The third-order valence-electron chi connectivity index (χ3n) is 6.23. The van der Waals surface area contributed by atoms with Crippen LogP contribution < -0.4 is 5.32 Å². The number of hydrogen-bond donors (Lipinski definition) is 1. The number of halogens is 1. The number of amides is 1. The Morgan fingerprint density at radius 3 is 2.57 bits per heavy atom. The fourth-order valence-corrected chi connectivity index (χ4v) is 6.12. The molecule has 1 saturated heterocycles. The molecule has 0 radical (unpaired) electrons. The Morgan fingerprint density at radius 2 is 1.74 bits per heavy atom. The van der Waals surface area contributed by atoms with Gasteiger partial charge < -0.3 is 9.73 Å². The van der Waals surface area contributed by atoms with E-state index < -0.39 is 21.9 Å². The Kier molecular flexibility index (Phi) is 6.40. The second-order valence-corrected chi connectivity index (χ2v) is 10.5. The van der Waals surface area contributed by atoms with E-state index in [1.54, 1.807) is 0 Å². The van der Waals surface area contributed by atoms with Gasteiger partial charge >= 0.3 is 0 Å². The van der Waals surface area contributed by atoms with Crippen molar-refractivity contribution >= 4 is 26.9 Å². The van der Waals surface area contributed by atoms with Gasteiger partial charge in [0.2, 0.25) is 11.0 Å². The number of benzene rings is 3. The zero-order chi connectivity index (χ0) is 24.4. The lowest BCUT2D eigenvalue weighted by Gasteiger charge is -2.22. The Hall–Kier alpha value is -3.49. The summed E-state index contributed by atoms with van der Waals surface area (Å²) in [5.41, 5.74) is 3.56. The van der Waals surface area contributed by atoms with Crippen LogP contribution >= 0.6 is 0 Å². The highest BCUT2D eigenvalue weighted by atomic mass is 32.2. The highest BCUT2D eigenvalue weighted by Crippen LogP contribution is 2.30. The minimum atomic E-state index is -4.05. The molecule has 1 aliphatic heterocycles. The number of fused-ring (bicyclic) bond motifs is 1. The molecule has 0 bridgehead atoms. The van der Waals surface area contributed by atoms with Crippen LogP contribution in [-0.4, -0.2) is 31.2 Å². The highest BCUT2D eigenvalue weighted by molar-refractivity contribution is 7.89. The lowest BCUT2D eigenvalue weighted by atomic mass is 10.0. The Bertz CT molecular complexity index is 1470. The van der Waals surface area contributed by atoms with Gasteiger partial charge in [-0.15, -0.1) is 0 Å². The lowest BCUT2D eigenvalue weighted by Crippen LogP contribution is -2.45. The summed E-state index contributed by atoms with van der Waals surface area (Å²) < 4.78 is 46.7. The van der Waals surface area contributed by atoms with Crippen LogP contribution in [0.1, 0.15) is 29.5 Å². The maximum atomic E-state index is 13.5. The van der Waals surface area contributed by atoms with Crippen LogP contribution in [-0.2, 0) is 27.8 Å². The first-order valence-corrected chi connectivity index (χ1v) is 12.9. The standard InChI is InChI=1S/C27H25FN2O4S/c28-23-11-12-25-22(16-23)17-26(34-25)35(32,33)30-13-5-10-24(30)27(31)29-18-21-9-4-8-20(15-21)14-19-6-2-1-3-7-19/h1-4,6-9,11-12,15-17,24H,5,10,13-14,18H2,(H,29,31). The molecule has 1 fully saturated rings. The molecule has 1 N–H and O–H groups in total. The van der Waals surface area contributed by atoms with E-state index in [1.807, 2.05) is 42.5 Å². The molecule has 4 aromatic rings. The van der Waals surface area contributed by atoms with E-state index in [2.05, 4.69) is 17.4 Å². The van der Waals surface area contributed by atoms with E-state index in [1.165, 1.54) is 34.1 Å². The number of nitrogens with one attached hydrogen (secondary N) is 1. The maximum Gasteiger partial charge on any atom is 0.277 e. The molecule has 0 aliphatic carbocycles. The summed E-state index contributed by atoms with van der Waals surface area (Å²) in [6, 6.07) is 22.4. The number of hydrogen-bond acceptors (Lipinski definition) is 4. The van der Waals surface area contributed by atoms with Crippen LogP contribution in [0.2, 0.25) is 0 Å². The predicted octanol–water partition coefficient (Wildman–Crippen LogP) is 4.63. The average molecular weight is 493 g/mol. The zero-order valence-electron chi connectivity index (χ0n) is 19.0. The first-order valence-electron chi connectivity index (χ1n) is 11.5. The van der Waals surface area contributed by atoms with E-state index in [0.29, 0.717) is 24.8 Å². The Morgan fingerprint density at radius 1 is 0.971 bits per heavy atom. The minimum absolute atomic E-state index is 0.221. The summed E-state index contributed by atoms with van der Waals surface area (Å²) in [5.74, 6) is -0.824. The summed E-state index contributed by atoms with van der Waals surface area (Å²) in [7, 11) is -4.05. The molecule has 35 heavy (non-hydrogen) atoms. The molecule has 2 heterocycles. The largest absolute Gasteiger partial charge is 0.443 e. The molecule has 180 valence electrons. The van der Waals surface area contributed by atoms with Gasteiger partial charge in [-0.1, -0.05) is 54.6 Å². The summed E-state index contributed by atoms with van der Waals surface area (Å²) in [6.07, 6.45) is 1.78. The topological polar surface area (TPSA) is 79.6 Å². The van der Waals surface area contributed by atoms with Gasteiger partial charge in [0.05, 0.1) is 0 Å². The molecule has 5 rings (SSSR count). The quantitative estimate of drug-likeness (QED) is 0.408. The molecule has 6 nitrogen and oxygen atoms in total. The van der Waals surface area contributed by atoms with Gasteiger partial charge in [0, 0.05) is 24.5 Å². The fourth-order valence-electron chi connectivity index (χ4n) is 4.51. The molecule has 1 atom stereocenters. The van der Waals surface area contributed by atoms with Crippen molar-refractivity contribution in [2.45, 2.75) is 36.9 Å². The van der Waals surface area contributed by atoms with Crippen LogP contribution in [0.4, 0.5) is 4.39 Å². The highest BCUT2D eigenvalue weighted by Gasteiger charge is 2.41. The van der Waals surface area contributed by atoms with Crippen LogP contribution in [0, 0.1) is 5.82 Å². The van der Waals surface area contributed by atoms with Crippen molar-refractivity contribution in [1.82, 2.24) is 9.62 Å². The van der Waals surface area contributed by atoms with E-state index in [4.69, 9.17) is 4.42 Å². The molecule has 1 unspecified atom stereocenters. The number of carbonyl (C=O) groups is 1. The van der Waals surface area contributed by atoms with Crippen molar-refractivity contribution in [2.75, 3.05) is 6.54 Å². The predicted molar refractivity (Wildman–Crippen MR) is 131 cm³/mol. The Labute approximate surface area is 203 Å². The molecule has 8 heteroatoms. The van der Waals surface area contributed by atoms with Crippen molar-refractivity contribution in [1.29, 1.82) is 0 Å². The third-order valence-corrected chi connectivity index (χ3v) is 8.00. The van der Waals surface area contributed by atoms with Gasteiger partial charge in [0.25, 0.3) is 10.0 Å². The smallest absolute Gasteiger partial charge is 0.277 e. The van der Waals surface area contributed by atoms with Gasteiger partial charge in [-0.3, -0.25) is 4.79 Å². The van der Waals surface area contributed by atoms with E-state index in [9.17, 15) is 17.6 Å². The van der Waals surface area contributed by atoms with Crippen LogP contribution in [0.25, 0.3) is 11.0 Å². The van der Waals surface area contributed by atoms with Gasteiger partial charge in [0.15, 0.2) is 0 Å². The lowest BCUT2D eigenvalue weighted by molar-refractivity contribution is -0.124. The van der Waals surface area contributed by atoms with E-state index in [0.717, 1.165) is 17.5 Å². The Balaban J connectivity index is 1.27. The molecule has 1 amide bonds. The molecule has 0 spiro atoms. The number of carbonyl (C=O) groups excluding carboxylic acids is 1. The van der Waals surface area contributed by atoms with Crippen molar-refractivity contribution < 1.29 is 22.0 Å². The number of sulfonamides is 1. The molecule has 1 aromatic heterocycles. The summed E-state index contributed by atoms with van der Waals surface area (Å²) in [4.78, 5) is 13.0. The monoisotopic (exact) mass is 492 g/mol. The number of nitrogens with zero attached hydrogens (tertiary/aromatic N) is 1. The maximum absolute atomic E-state index is 13.5. The fraction of sp³-hybridized carbons (Fsp3) is 0.222. The molecule has 1 aliphatic rings. The second-order valence-electron chi connectivity index (χ2n) is 8.72. The van der Waals surface area contributed by atoms with Crippen molar-refractivity contribution in [3.8, 4) is 0 Å². The molecular formula is C27H25FN2O4S. The second kappa shape index (κ2) is 9.64. The van der Waals surface area contributed by atoms with Crippen molar-refractivity contribution in [2.24, 2.45) is 0 Å². The molecular weight excluding hydrogens is 467 g/mol. The number of furan rings is 1. The minimum Gasteiger partial charge on any atom is -0.443 e. The molecule has 0 saturated carbocycles. The third kappa shape index (κ3) is 4.99. The molecule has 3 aromatic carbocycles. The van der Waals surface area contributed by atoms with Gasteiger partial charge in [0.1, 0.15) is 17.4 Å². The first-order chi connectivity index (χ1) is 16.9. The van der Waals surface area contributed by atoms with E-state index in [-0.39, 0.29) is 23.1 Å². The van der Waals surface area contributed by atoms with Crippen LogP contribution in [0.3, 0.4) is 0 Å². The zero-order valence-corrected chi connectivity index (χ0v) is 19.8. The van der Waals surface area contributed by atoms with E-state index >= 15 is 0 Å².